The lowest BCUT2D eigenvalue weighted by Crippen LogP contribution is -2.19. The van der Waals surface area contributed by atoms with Crippen molar-refractivity contribution in [2.24, 2.45) is 0 Å². The minimum atomic E-state index is -4.61. The number of amides is 1. The second-order valence-electron chi connectivity index (χ2n) is 4.72. The van der Waals surface area contributed by atoms with Crippen molar-refractivity contribution in [2.75, 3.05) is 11.1 Å². The third-order valence-corrected chi connectivity index (χ3v) is 6.88. The summed E-state index contributed by atoms with van der Waals surface area (Å²) in [6.07, 6.45) is -5.05. The summed E-state index contributed by atoms with van der Waals surface area (Å²) < 4.78 is 63.4. The Kier molecular flexibility index (Phi) is 5.71. The summed E-state index contributed by atoms with van der Waals surface area (Å²) in [6.45, 7) is 0. The molecular weight excluding hydrogens is 431 g/mol. The van der Waals surface area contributed by atoms with Crippen LogP contribution in [0.5, 0.6) is 0 Å². The van der Waals surface area contributed by atoms with Crippen LogP contribution < -0.4 is 5.32 Å². The topological polar surface area (TPSA) is 63.2 Å². The number of halogens is 4. The third-order valence-electron chi connectivity index (χ3n) is 2.96. The van der Waals surface area contributed by atoms with E-state index in [-0.39, 0.29) is 4.21 Å². The molecule has 0 unspecified atom stereocenters. The van der Waals surface area contributed by atoms with Gasteiger partial charge < -0.3 is 5.32 Å². The van der Waals surface area contributed by atoms with E-state index < -0.39 is 45.3 Å². The van der Waals surface area contributed by atoms with Crippen molar-refractivity contribution in [3.8, 4) is 0 Å². The van der Waals surface area contributed by atoms with Crippen LogP contribution in [0.25, 0.3) is 0 Å². The van der Waals surface area contributed by atoms with Crippen LogP contribution in [-0.2, 0) is 20.8 Å². The van der Waals surface area contributed by atoms with Crippen LogP contribution >= 0.6 is 27.3 Å². The number of nitrogens with one attached hydrogen (secondary N) is 1. The van der Waals surface area contributed by atoms with Gasteiger partial charge in [-0.1, -0.05) is 12.1 Å². The molecule has 2 aromatic rings. The van der Waals surface area contributed by atoms with Crippen LogP contribution in [0.2, 0.25) is 0 Å². The molecule has 1 aromatic carbocycles. The summed E-state index contributed by atoms with van der Waals surface area (Å²) in [5, 5.41) is 2.12. The number of sulfone groups is 1. The number of rotatable bonds is 5. The van der Waals surface area contributed by atoms with Gasteiger partial charge in [0.1, 0.15) is 4.21 Å². The van der Waals surface area contributed by atoms with Crippen molar-refractivity contribution in [2.45, 2.75) is 16.8 Å². The van der Waals surface area contributed by atoms with Crippen LogP contribution in [0.3, 0.4) is 0 Å². The average Bonchev–Trinajstić information content (AvgIpc) is 2.92. The molecule has 0 radical (unpaired) electrons. The summed E-state index contributed by atoms with van der Waals surface area (Å²) in [7, 11) is -3.66. The van der Waals surface area contributed by atoms with Crippen LogP contribution in [0, 0.1) is 0 Å². The van der Waals surface area contributed by atoms with Gasteiger partial charge in [0.05, 0.1) is 20.8 Å². The summed E-state index contributed by atoms with van der Waals surface area (Å²) in [5.41, 5.74) is -1.38. The van der Waals surface area contributed by atoms with Crippen molar-refractivity contribution in [3.05, 3.63) is 45.7 Å². The van der Waals surface area contributed by atoms with Gasteiger partial charge in [0.2, 0.25) is 5.91 Å². The zero-order chi connectivity index (χ0) is 18.0. The normalized spacial score (nSPS) is 12.2. The van der Waals surface area contributed by atoms with E-state index in [0.29, 0.717) is 3.79 Å². The van der Waals surface area contributed by atoms with E-state index in [1.54, 1.807) is 6.07 Å². The van der Waals surface area contributed by atoms with E-state index in [9.17, 15) is 26.4 Å². The minimum Gasteiger partial charge on any atom is -0.325 e. The number of alkyl halides is 3. The monoisotopic (exact) mass is 441 g/mol. The van der Waals surface area contributed by atoms with E-state index in [1.807, 2.05) is 0 Å². The highest BCUT2D eigenvalue weighted by Crippen LogP contribution is 2.34. The van der Waals surface area contributed by atoms with Crippen LogP contribution in [0.1, 0.15) is 12.0 Å². The van der Waals surface area contributed by atoms with Gasteiger partial charge in [-0.05, 0) is 40.2 Å². The van der Waals surface area contributed by atoms with Gasteiger partial charge in [0.15, 0.2) is 9.84 Å². The third kappa shape index (κ3) is 4.81. The van der Waals surface area contributed by atoms with Crippen molar-refractivity contribution in [1.29, 1.82) is 0 Å². The fourth-order valence-corrected chi connectivity index (χ4v) is 5.24. The SMILES string of the molecule is O=C(CCS(=O)(=O)c1ccc(Br)s1)Nc1ccccc1C(F)(F)F. The highest BCUT2D eigenvalue weighted by Gasteiger charge is 2.33. The largest absolute Gasteiger partial charge is 0.418 e. The second kappa shape index (κ2) is 7.24. The molecule has 1 amide bonds. The molecule has 0 spiro atoms. The van der Waals surface area contributed by atoms with Gasteiger partial charge in [-0.2, -0.15) is 13.2 Å². The van der Waals surface area contributed by atoms with Gasteiger partial charge in [0.25, 0.3) is 0 Å². The zero-order valence-electron chi connectivity index (χ0n) is 11.9. The Balaban J connectivity index is 2.05. The molecule has 10 heteroatoms. The molecule has 0 aliphatic carbocycles. The molecule has 0 fully saturated rings. The highest BCUT2D eigenvalue weighted by molar-refractivity contribution is 9.11. The molecule has 4 nitrogen and oxygen atoms in total. The predicted octanol–water partition coefficient (Wildman–Crippen LogP) is 4.33. The van der Waals surface area contributed by atoms with Crippen LogP contribution in [-0.4, -0.2) is 20.1 Å². The molecular formula is C14H11BrF3NO3S2. The predicted molar refractivity (Wildman–Crippen MR) is 88.8 cm³/mol. The minimum absolute atomic E-state index is 0.0952. The molecule has 1 N–H and O–H groups in total. The van der Waals surface area contributed by atoms with E-state index in [1.165, 1.54) is 18.2 Å². The van der Waals surface area contributed by atoms with Crippen LogP contribution in [0.4, 0.5) is 18.9 Å². The lowest BCUT2D eigenvalue weighted by atomic mass is 10.1. The molecule has 0 aliphatic heterocycles. The van der Waals surface area contributed by atoms with Crippen molar-refractivity contribution < 1.29 is 26.4 Å². The summed E-state index contributed by atoms with van der Waals surface area (Å²) in [6, 6.07) is 7.49. The van der Waals surface area contributed by atoms with Gasteiger partial charge in [-0.15, -0.1) is 11.3 Å². The van der Waals surface area contributed by atoms with Crippen molar-refractivity contribution in [3.63, 3.8) is 0 Å². The van der Waals surface area contributed by atoms with Crippen molar-refractivity contribution >= 4 is 48.7 Å². The lowest BCUT2D eigenvalue weighted by molar-refractivity contribution is -0.137. The Hall–Kier alpha value is -1.39. The molecule has 0 aliphatic rings. The quantitative estimate of drug-likeness (QED) is 0.750. The van der Waals surface area contributed by atoms with Gasteiger partial charge >= 0.3 is 6.18 Å². The fraction of sp³-hybridized carbons (Fsp3) is 0.214. The number of hydrogen-bond acceptors (Lipinski definition) is 4. The maximum Gasteiger partial charge on any atom is 0.418 e. The first-order valence-electron chi connectivity index (χ1n) is 6.54. The number of thiophene rings is 1. The molecule has 130 valence electrons. The molecule has 24 heavy (non-hydrogen) atoms. The Morgan fingerprint density at radius 1 is 1.17 bits per heavy atom. The van der Waals surface area contributed by atoms with E-state index in [0.717, 1.165) is 23.5 Å². The zero-order valence-corrected chi connectivity index (χ0v) is 15.2. The number of para-hydroxylation sites is 1. The first-order chi connectivity index (χ1) is 11.1. The van der Waals surface area contributed by atoms with Gasteiger partial charge in [0, 0.05) is 6.42 Å². The Morgan fingerprint density at radius 2 is 1.83 bits per heavy atom. The second-order valence-corrected chi connectivity index (χ2v) is 9.52. The molecule has 0 bridgehead atoms. The summed E-state index contributed by atoms with van der Waals surface area (Å²) in [5.74, 6) is -1.29. The first-order valence-corrected chi connectivity index (χ1v) is 9.80. The maximum absolute atomic E-state index is 12.8. The fourth-order valence-electron chi connectivity index (χ4n) is 1.84. The van der Waals surface area contributed by atoms with Crippen molar-refractivity contribution in [1.82, 2.24) is 0 Å². The molecule has 1 aromatic heterocycles. The number of anilines is 1. The Labute approximate surface area is 148 Å². The van der Waals surface area contributed by atoms with E-state index >= 15 is 0 Å². The number of carbonyl (C=O) groups excluding carboxylic acids is 1. The molecule has 0 atom stereocenters. The summed E-state index contributed by atoms with van der Waals surface area (Å²) in [4.78, 5) is 11.8. The number of hydrogen-bond donors (Lipinski definition) is 1. The molecule has 0 saturated carbocycles. The number of benzene rings is 1. The Morgan fingerprint density at radius 3 is 2.42 bits per heavy atom. The highest BCUT2D eigenvalue weighted by atomic mass is 79.9. The summed E-state index contributed by atoms with van der Waals surface area (Å²) >= 11 is 4.15. The first kappa shape index (κ1) is 18.9. The number of carbonyl (C=O) groups is 1. The lowest BCUT2D eigenvalue weighted by Gasteiger charge is -2.13. The average molecular weight is 442 g/mol. The maximum atomic E-state index is 12.8. The van der Waals surface area contributed by atoms with E-state index in [2.05, 4.69) is 21.2 Å². The molecule has 2 rings (SSSR count). The van der Waals surface area contributed by atoms with E-state index in [4.69, 9.17) is 0 Å². The van der Waals surface area contributed by atoms with Gasteiger partial charge in [-0.3, -0.25) is 4.79 Å². The Bertz CT molecular complexity index is 847. The molecule has 1 heterocycles. The van der Waals surface area contributed by atoms with Crippen LogP contribution in [0.15, 0.2) is 44.4 Å². The molecule has 0 saturated heterocycles. The smallest absolute Gasteiger partial charge is 0.325 e. The standard InChI is InChI=1S/C14H11BrF3NO3S2/c15-11-5-6-13(23-11)24(21,22)8-7-12(20)19-10-4-2-1-3-9(10)14(16,17)18/h1-6H,7-8H2,(H,19,20). The van der Waals surface area contributed by atoms with Gasteiger partial charge in [-0.25, -0.2) is 8.42 Å².